The van der Waals surface area contributed by atoms with E-state index in [0.717, 1.165) is 22.6 Å². The number of benzene rings is 2. The Morgan fingerprint density at radius 2 is 1.76 bits per heavy atom. The van der Waals surface area contributed by atoms with Gasteiger partial charge in [0.15, 0.2) is 0 Å². The van der Waals surface area contributed by atoms with Crippen LogP contribution < -0.4 is 10.0 Å². The van der Waals surface area contributed by atoms with E-state index in [9.17, 15) is 27.2 Å². The summed E-state index contributed by atoms with van der Waals surface area (Å²) in [7, 11) is -3.83. The molecule has 1 fully saturated rings. The van der Waals surface area contributed by atoms with Gasteiger partial charge in [-0.05, 0) is 59.8 Å². The number of primary sulfonamides is 1. The van der Waals surface area contributed by atoms with Crippen LogP contribution in [-0.4, -0.2) is 43.6 Å². The molecule has 1 atom stereocenters. The lowest BCUT2D eigenvalue weighted by Gasteiger charge is -2.27. The monoisotopic (exact) mass is 501 g/mol. The van der Waals surface area contributed by atoms with Gasteiger partial charge in [-0.25, -0.2) is 22.8 Å². The number of amides is 3. The molecule has 3 amide bonds. The molecule has 11 heteroatoms. The van der Waals surface area contributed by atoms with Crippen LogP contribution in [0.1, 0.15) is 21.7 Å². The number of sulfonamides is 1. The molecule has 2 aromatic carbocycles. The van der Waals surface area contributed by atoms with E-state index in [1.165, 1.54) is 40.5 Å². The van der Waals surface area contributed by atoms with Crippen molar-refractivity contribution in [3.05, 3.63) is 82.3 Å². The maximum absolute atomic E-state index is 13.3. The molecule has 0 spiro atoms. The smallest absolute Gasteiger partial charge is 0.264 e. The minimum atomic E-state index is -3.83. The largest absolute Gasteiger partial charge is 0.325 e. The average molecular weight is 502 g/mol. The molecule has 34 heavy (non-hydrogen) atoms. The zero-order valence-corrected chi connectivity index (χ0v) is 19.4. The fraction of sp³-hybridized carbons (Fsp3) is 0.174. The second-order valence-electron chi connectivity index (χ2n) is 7.68. The maximum atomic E-state index is 13.3. The molecule has 8 nitrogen and oxygen atoms in total. The van der Waals surface area contributed by atoms with Crippen LogP contribution in [0.4, 0.5) is 10.1 Å². The molecule has 0 radical (unpaired) electrons. The van der Waals surface area contributed by atoms with Crippen molar-refractivity contribution in [3.63, 3.8) is 0 Å². The predicted octanol–water partition coefficient (Wildman–Crippen LogP) is 2.55. The molecule has 0 saturated carbocycles. The number of imide groups is 1. The van der Waals surface area contributed by atoms with E-state index < -0.39 is 33.7 Å². The van der Waals surface area contributed by atoms with Crippen LogP contribution in [0, 0.1) is 5.82 Å². The second-order valence-corrected chi connectivity index (χ2v) is 10.2. The number of nitrogens with two attached hydrogens (primary N) is 1. The summed E-state index contributed by atoms with van der Waals surface area (Å²) in [4.78, 5) is 41.9. The Kier molecular flexibility index (Phi) is 6.60. The van der Waals surface area contributed by atoms with Gasteiger partial charge in [0.05, 0.1) is 21.9 Å². The van der Waals surface area contributed by atoms with E-state index in [1.807, 2.05) is 0 Å². The molecule has 2 N–H and O–H groups in total. The summed E-state index contributed by atoms with van der Waals surface area (Å²) in [5, 5.41) is 6.87. The van der Waals surface area contributed by atoms with Crippen LogP contribution in [0.2, 0.25) is 0 Å². The minimum absolute atomic E-state index is 0.0331. The summed E-state index contributed by atoms with van der Waals surface area (Å²) < 4.78 is 36.2. The highest BCUT2D eigenvalue weighted by Crippen LogP contribution is 2.28. The molecule has 0 bridgehead atoms. The molecule has 2 heterocycles. The molecule has 1 aliphatic heterocycles. The van der Waals surface area contributed by atoms with E-state index in [-0.39, 0.29) is 29.5 Å². The van der Waals surface area contributed by atoms with Crippen molar-refractivity contribution in [2.24, 2.45) is 5.14 Å². The normalized spacial score (nSPS) is 16.2. The quantitative estimate of drug-likeness (QED) is 0.499. The van der Waals surface area contributed by atoms with E-state index in [2.05, 4.69) is 0 Å². The summed E-state index contributed by atoms with van der Waals surface area (Å²) in [6.07, 6.45) is 0.119. The van der Waals surface area contributed by atoms with Crippen LogP contribution in [0.3, 0.4) is 0 Å². The van der Waals surface area contributed by atoms with E-state index >= 15 is 0 Å². The molecule has 1 aromatic heterocycles. The maximum Gasteiger partial charge on any atom is 0.264 e. The summed E-state index contributed by atoms with van der Waals surface area (Å²) in [5.41, 5.74) is 0.963. The van der Waals surface area contributed by atoms with E-state index in [1.54, 1.807) is 29.6 Å². The van der Waals surface area contributed by atoms with Crippen LogP contribution in [-0.2, 0) is 26.0 Å². The van der Waals surface area contributed by atoms with Crippen molar-refractivity contribution in [1.29, 1.82) is 0 Å². The summed E-state index contributed by atoms with van der Waals surface area (Å²) >= 11 is 1.22. The number of halogens is 1. The summed E-state index contributed by atoms with van der Waals surface area (Å²) in [6, 6.07) is 13.2. The number of rotatable bonds is 7. The second kappa shape index (κ2) is 9.45. The minimum Gasteiger partial charge on any atom is -0.325 e. The van der Waals surface area contributed by atoms with E-state index in [0.29, 0.717) is 11.3 Å². The molecular formula is C23H20FN3O5S2. The van der Waals surface area contributed by atoms with Crippen molar-refractivity contribution in [2.75, 3.05) is 11.4 Å². The zero-order valence-electron chi connectivity index (χ0n) is 17.8. The van der Waals surface area contributed by atoms with Gasteiger partial charge in [0.2, 0.25) is 15.9 Å². The van der Waals surface area contributed by atoms with E-state index in [4.69, 9.17) is 5.14 Å². The summed E-state index contributed by atoms with van der Waals surface area (Å²) in [5.74, 6) is -1.93. The first-order valence-corrected chi connectivity index (χ1v) is 12.7. The van der Waals surface area contributed by atoms with Gasteiger partial charge in [-0.2, -0.15) is 0 Å². The Bertz CT molecular complexity index is 1320. The first-order valence-electron chi connectivity index (χ1n) is 10.2. The highest BCUT2D eigenvalue weighted by atomic mass is 32.2. The highest BCUT2D eigenvalue weighted by Gasteiger charge is 2.44. The molecule has 1 saturated heterocycles. The molecule has 176 valence electrons. The van der Waals surface area contributed by atoms with Crippen molar-refractivity contribution < 1.29 is 27.2 Å². The molecule has 1 aliphatic rings. The third-order valence-corrected chi connectivity index (χ3v) is 7.26. The van der Waals surface area contributed by atoms with Gasteiger partial charge in [-0.15, -0.1) is 11.3 Å². The number of anilines is 1. The van der Waals surface area contributed by atoms with Crippen molar-refractivity contribution in [2.45, 2.75) is 23.8 Å². The lowest BCUT2D eigenvalue weighted by atomic mass is 10.1. The SMILES string of the molecule is NS(=O)(=O)c1ccc(CCN(C(=O)c2cccs2)C2CC(=O)N(c3ccc(F)cc3)C2=O)cc1. The Hall–Kier alpha value is -3.41. The Morgan fingerprint density at radius 3 is 2.35 bits per heavy atom. The Morgan fingerprint density at radius 1 is 1.09 bits per heavy atom. The number of hydrogen-bond acceptors (Lipinski definition) is 6. The third-order valence-electron chi connectivity index (χ3n) is 5.47. The molecule has 4 rings (SSSR count). The average Bonchev–Trinajstić information content (AvgIpc) is 3.43. The topological polar surface area (TPSA) is 118 Å². The lowest BCUT2D eigenvalue weighted by molar-refractivity contribution is -0.122. The zero-order chi connectivity index (χ0) is 24.5. The van der Waals surface area contributed by atoms with Crippen molar-refractivity contribution in [3.8, 4) is 0 Å². The van der Waals surface area contributed by atoms with Crippen LogP contribution in [0.25, 0.3) is 0 Å². The number of carbonyl (C=O) groups excluding carboxylic acids is 3. The fourth-order valence-electron chi connectivity index (χ4n) is 3.76. The van der Waals surface area contributed by atoms with Crippen LogP contribution in [0.15, 0.2) is 70.9 Å². The molecule has 1 unspecified atom stereocenters. The van der Waals surface area contributed by atoms with Gasteiger partial charge in [-0.1, -0.05) is 18.2 Å². The third kappa shape index (κ3) is 4.91. The van der Waals surface area contributed by atoms with Gasteiger partial charge in [0, 0.05) is 6.54 Å². The predicted molar refractivity (Wildman–Crippen MR) is 124 cm³/mol. The van der Waals surface area contributed by atoms with Gasteiger partial charge in [0.1, 0.15) is 11.9 Å². The van der Waals surface area contributed by atoms with Gasteiger partial charge < -0.3 is 4.90 Å². The Balaban J connectivity index is 1.59. The highest BCUT2D eigenvalue weighted by molar-refractivity contribution is 7.89. The number of thiophene rings is 1. The standard InChI is InChI=1S/C23H20FN3O5S2/c24-16-5-7-17(8-6-16)27-21(28)14-19(22(27)29)26(23(30)20-2-1-13-33-20)12-11-15-3-9-18(10-4-15)34(25,31)32/h1-10,13,19H,11-12,14H2,(H2,25,31,32). The lowest BCUT2D eigenvalue weighted by Crippen LogP contribution is -2.46. The molecule has 3 aromatic rings. The van der Waals surface area contributed by atoms with Gasteiger partial charge in [0.25, 0.3) is 11.8 Å². The van der Waals surface area contributed by atoms with Crippen LogP contribution in [0.5, 0.6) is 0 Å². The van der Waals surface area contributed by atoms with Crippen molar-refractivity contribution >= 4 is 44.8 Å². The van der Waals surface area contributed by atoms with Crippen molar-refractivity contribution in [1.82, 2.24) is 4.90 Å². The number of carbonyl (C=O) groups is 3. The van der Waals surface area contributed by atoms with Crippen LogP contribution >= 0.6 is 11.3 Å². The first kappa shape index (κ1) is 23.7. The molecule has 0 aliphatic carbocycles. The fourth-order valence-corrected chi connectivity index (χ4v) is 4.95. The molecular weight excluding hydrogens is 481 g/mol. The Labute approximate surface area is 199 Å². The first-order chi connectivity index (χ1) is 16.1. The summed E-state index contributed by atoms with van der Waals surface area (Å²) in [6.45, 7) is 0.117. The van der Waals surface area contributed by atoms with Gasteiger partial charge in [-0.3, -0.25) is 14.4 Å². The number of hydrogen-bond donors (Lipinski definition) is 1. The number of nitrogens with zero attached hydrogens (tertiary/aromatic N) is 2. The van der Waals surface area contributed by atoms with Gasteiger partial charge >= 0.3 is 0 Å².